The maximum atomic E-state index is 12.4. The molecule has 0 radical (unpaired) electrons. The molecule has 1 amide bonds. The fourth-order valence-corrected chi connectivity index (χ4v) is 2.53. The zero-order valence-corrected chi connectivity index (χ0v) is 12.5. The summed E-state index contributed by atoms with van der Waals surface area (Å²) in [5.41, 5.74) is -4.25. The van der Waals surface area contributed by atoms with Crippen LogP contribution in [0.1, 0.15) is 10.4 Å². The highest BCUT2D eigenvalue weighted by Crippen LogP contribution is 2.34. The topological polar surface area (TPSA) is 84.5 Å². The number of anilines is 3. The number of benzene rings is 2. The van der Waals surface area contributed by atoms with Gasteiger partial charge in [0.1, 0.15) is 5.75 Å². The SMILES string of the molecule is O=C1Nc2ccccc2Nc2ccc(OS(=O)(=O)C(F)(F)F)cc21. The van der Waals surface area contributed by atoms with Crippen molar-refractivity contribution in [2.75, 3.05) is 10.6 Å². The van der Waals surface area contributed by atoms with Gasteiger partial charge in [0, 0.05) is 0 Å². The molecular weight excluding hydrogens is 349 g/mol. The van der Waals surface area contributed by atoms with Gasteiger partial charge >= 0.3 is 15.6 Å². The van der Waals surface area contributed by atoms with Gasteiger partial charge in [-0.05, 0) is 30.3 Å². The van der Waals surface area contributed by atoms with Gasteiger partial charge in [0.25, 0.3) is 5.91 Å². The molecule has 0 aromatic heterocycles. The number of fused-ring (bicyclic) bond motifs is 2. The Balaban J connectivity index is 1.98. The summed E-state index contributed by atoms with van der Waals surface area (Å²) in [6.45, 7) is 0. The number of para-hydroxylation sites is 2. The van der Waals surface area contributed by atoms with Crippen LogP contribution in [0.15, 0.2) is 42.5 Å². The normalized spacial score (nSPS) is 13.9. The van der Waals surface area contributed by atoms with Crippen molar-refractivity contribution in [2.24, 2.45) is 0 Å². The van der Waals surface area contributed by atoms with E-state index in [1.165, 1.54) is 6.07 Å². The molecule has 2 aromatic rings. The largest absolute Gasteiger partial charge is 0.534 e. The standard InChI is InChI=1S/C14H9F3N2O4S/c15-14(16,17)24(21,22)23-8-5-6-10-9(7-8)13(20)19-12-4-2-1-3-11(12)18-10/h1-7,18H,(H,19,20). The van der Waals surface area contributed by atoms with E-state index in [1.54, 1.807) is 24.3 Å². The van der Waals surface area contributed by atoms with Gasteiger partial charge in [-0.2, -0.15) is 21.6 Å². The van der Waals surface area contributed by atoms with E-state index in [9.17, 15) is 26.4 Å². The van der Waals surface area contributed by atoms with Crippen LogP contribution in [0.5, 0.6) is 5.75 Å². The average molecular weight is 358 g/mol. The molecule has 6 nitrogen and oxygen atoms in total. The highest BCUT2D eigenvalue weighted by molar-refractivity contribution is 7.88. The second-order valence-corrected chi connectivity index (χ2v) is 6.35. The number of hydrogen-bond acceptors (Lipinski definition) is 5. The summed E-state index contributed by atoms with van der Waals surface area (Å²) >= 11 is 0. The van der Waals surface area contributed by atoms with E-state index in [0.717, 1.165) is 12.1 Å². The number of carbonyl (C=O) groups is 1. The van der Waals surface area contributed by atoms with Crippen molar-refractivity contribution in [1.82, 2.24) is 0 Å². The summed E-state index contributed by atoms with van der Waals surface area (Å²) in [5.74, 6) is -1.23. The number of halogens is 3. The van der Waals surface area contributed by atoms with Gasteiger partial charge in [-0.3, -0.25) is 4.79 Å². The first-order chi connectivity index (χ1) is 11.2. The van der Waals surface area contributed by atoms with Gasteiger partial charge < -0.3 is 14.8 Å². The summed E-state index contributed by atoms with van der Waals surface area (Å²) < 4.78 is 63.3. The third-order valence-electron chi connectivity index (χ3n) is 3.17. The Morgan fingerprint density at radius 2 is 1.54 bits per heavy atom. The number of amides is 1. The fourth-order valence-electron chi connectivity index (χ4n) is 2.08. The van der Waals surface area contributed by atoms with Crippen molar-refractivity contribution in [1.29, 1.82) is 0 Å². The molecule has 1 heterocycles. The van der Waals surface area contributed by atoms with Gasteiger partial charge in [-0.1, -0.05) is 12.1 Å². The van der Waals surface area contributed by atoms with Crippen molar-refractivity contribution >= 4 is 33.1 Å². The molecule has 2 aromatic carbocycles. The molecule has 1 aliphatic rings. The van der Waals surface area contributed by atoms with E-state index in [-0.39, 0.29) is 5.56 Å². The summed E-state index contributed by atoms with van der Waals surface area (Å²) in [6, 6.07) is 9.97. The molecule has 126 valence electrons. The molecule has 2 N–H and O–H groups in total. The van der Waals surface area contributed by atoms with Crippen LogP contribution in [0.2, 0.25) is 0 Å². The minimum absolute atomic E-state index is 0.0546. The van der Waals surface area contributed by atoms with Crippen LogP contribution in [0.3, 0.4) is 0 Å². The summed E-state index contributed by atoms with van der Waals surface area (Å²) in [4.78, 5) is 12.2. The maximum Gasteiger partial charge on any atom is 0.534 e. The molecule has 0 aliphatic carbocycles. The fraction of sp³-hybridized carbons (Fsp3) is 0.0714. The van der Waals surface area contributed by atoms with Crippen molar-refractivity contribution < 1.29 is 30.6 Å². The molecule has 24 heavy (non-hydrogen) atoms. The molecule has 1 aliphatic heterocycles. The molecular formula is C14H9F3N2O4S. The lowest BCUT2D eigenvalue weighted by molar-refractivity contribution is -0.0500. The Morgan fingerprint density at radius 1 is 0.917 bits per heavy atom. The van der Waals surface area contributed by atoms with E-state index < -0.39 is 27.3 Å². The van der Waals surface area contributed by atoms with Crippen LogP contribution in [-0.2, 0) is 10.1 Å². The van der Waals surface area contributed by atoms with Gasteiger partial charge in [0.2, 0.25) is 0 Å². The minimum atomic E-state index is -5.81. The molecule has 0 atom stereocenters. The van der Waals surface area contributed by atoms with Crippen LogP contribution in [0, 0.1) is 0 Å². The Labute approximate surface area is 134 Å². The Kier molecular flexibility index (Phi) is 3.63. The Hall–Kier alpha value is -2.75. The second kappa shape index (κ2) is 5.41. The predicted molar refractivity (Wildman–Crippen MR) is 79.7 cm³/mol. The first-order valence-electron chi connectivity index (χ1n) is 6.49. The number of alkyl halides is 3. The van der Waals surface area contributed by atoms with Crippen LogP contribution in [0.25, 0.3) is 0 Å². The van der Waals surface area contributed by atoms with E-state index in [2.05, 4.69) is 14.8 Å². The first kappa shape index (κ1) is 16.1. The quantitative estimate of drug-likeness (QED) is 0.636. The summed E-state index contributed by atoms with van der Waals surface area (Å²) in [6.07, 6.45) is 0. The zero-order chi connectivity index (χ0) is 17.5. The Bertz CT molecular complexity index is 926. The lowest BCUT2D eigenvalue weighted by Crippen LogP contribution is -2.28. The second-order valence-electron chi connectivity index (χ2n) is 4.82. The average Bonchev–Trinajstić information content (AvgIpc) is 2.62. The molecule has 10 heteroatoms. The van der Waals surface area contributed by atoms with Crippen LogP contribution in [0.4, 0.5) is 30.2 Å². The van der Waals surface area contributed by atoms with Crippen LogP contribution < -0.4 is 14.8 Å². The van der Waals surface area contributed by atoms with E-state index in [4.69, 9.17) is 0 Å². The number of rotatable bonds is 2. The summed E-state index contributed by atoms with van der Waals surface area (Å²) in [5, 5.41) is 5.51. The monoisotopic (exact) mass is 358 g/mol. The third-order valence-corrected chi connectivity index (χ3v) is 4.15. The molecule has 0 fully saturated rings. The van der Waals surface area contributed by atoms with Crippen molar-refractivity contribution in [3.63, 3.8) is 0 Å². The van der Waals surface area contributed by atoms with E-state index in [1.807, 2.05) is 0 Å². The van der Waals surface area contributed by atoms with Gasteiger partial charge in [0.15, 0.2) is 0 Å². The molecule has 0 unspecified atom stereocenters. The van der Waals surface area contributed by atoms with E-state index in [0.29, 0.717) is 17.1 Å². The predicted octanol–water partition coefficient (Wildman–Crippen LogP) is 3.22. The van der Waals surface area contributed by atoms with Gasteiger partial charge in [0.05, 0.1) is 22.6 Å². The van der Waals surface area contributed by atoms with E-state index >= 15 is 0 Å². The number of carbonyl (C=O) groups excluding carboxylic acids is 1. The molecule has 0 saturated heterocycles. The zero-order valence-electron chi connectivity index (χ0n) is 11.7. The molecule has 0 spiro atoms. The summed E-state index contributed by atoms with van der Waals surface area (Å²) in [7, 11) is -5.81. The first-order valence-corrected chi connectivity index (χ1v) is 7.90. The smallest absolute Gasteiger partial charge is 0.376 e. The highest BCUT2D eigenvalue weighted by Gasteiger charge is 2.48. The maximum absolute atomic E-state index is 12.4. The lowest BCUT2D eigenvalue weighted by atomic mass is 10.1. The number of hydrogen-bond donors (Lipinski definition) is 2. The third kappa shape index (κ3) is 2.87. The highest BCUT2D eigenvalue weighted by atomic mass is 32.2. The molecule has 0 saturated carbocycles. The van der Waals surface area contributed by atoms with Crippen LogP contribution >= 0.6 is 0 Å². The lowest BCUT2D eigenvalue weighted by Gasteiger charge is -2.12. The minimum Gasteiger partial charge on any atom is -0.376 e. The van der Waals surface area contributed by atoms with Crippen molar-refractivity contribution in [3.8, 4) is 5.75 Å². The number of nitrogens with one attached hydrogen (secondary N) is 2. The molecule has 0 bridgehead atoms. The Morgan fingerprint density at radius 3 is 2.17 bits per heavy atom. The van der Waals surface area contributed by atoms with Gasteiger partial charge in [-0.15, -0.1) is 0 Å². The van der Waals surface area contributed by atoms with Crippen LogP contribution in [-0.4, -0.2) is 19.8 Å². The van der Waals surface area contributed by atoms with Crippen molar-refractivity contribution in [3.05, 3.63) is 48.0 Å². The van der Waals surface area contributed by atoms with Gasteiger partial charge in [-0.25, -0.2) is 0 Å². The molecule has 3 rings (SSSR count). The van der Waals surface area contributed by atoms with Crippen molar-refractivity contribution in [2.45, 2.75) is 5.51 Å².